The van der Waals surface area contributed by atoms with E-state index >= 15 is 0 Å². The van der Waals surface area contributed by atoms with Crippen molar-refractivity contribution >= 4 is 25.1 Å². The van der Waals surface area contributed by atoms with Crippen molar-refractivity contribution in [3.05, 3.63) is 120 Å². The number of carbonyl (C=O) groups is 1. The molecule has 0 aliphatic carbocycles. The van der Waals surface area contributed by atoms with Gasteiger partial charge in [-0.25, -0.2) is 9.67 Å². The number of carbonyl (C=O) groups excluding carboxylic acids is 1. The average Bonchev–Trinajstić information content (AvgIpc) is 3.43. The van der Waals surface area contributed by atoms with Gasteiger partial charge in [-0.2, -0.15) is 5.10 Å². The van der Waals surface area contributed by atoms with Crippen molar-refractivity contribution in [2.45, 2.75) is 50.8 Å². The van der Waals surface area contributed by atoms with E-state index in [1.807, 2.05) is 29.2 Å². The summed E-state index contributed by atoms with van der Waals surface area (Å²) in [5.41, 5.74) is 2.61. The molecule has 0 saturated carbocycles. The molecule has 0 bridgehead atoms. The Morgan fingerprint density at radius 1 is 0.872 bits per heavy atom. The summed E-state index contributed by atoms with van der Waals surface area (Å²) < 4.78 is 10.7. The van der Waals surface area contributed by atoms with E-state index < -0.39 is 13.8 Å². The smallest absolute Gasteiger partial charge is 0.314 e. The van der Waals surface area contributed by atoms with Crippen molar-refractivity contribution in [1.82, 2.24) is 14.8 Å². The summed E-state index contributed by atoms with van der Waals surface area (Å²) in [5.74, 6) is 1.24. The van der Waals surface area contributed by atoms with Crippen molar-refractivity contribution in [3.8, 4) is 0 Å². The standard InChI is InChI=1S/C30H33N3OS.H3O3P/c1-4-24(5-2)21-28(35-23(3)34)29-31-22-33(32-29)30(25-15-9-6-10-16-25,26-17-11-7-12-18-26)27-19-13-8-14-20-27;1-4(2)3/h6-20,22,24,28H,4-5,21H2,1-3H3;4H,(H2,1,2,3). The molecule has 1 atom stereocenters. The molecule has 0 fully saturated rings. The second-order valence-corrected chi connectivity index (χ2v) is 11.1. The van der Waals surface area contributed by atoms with Crippen LogP contribution in [-0.4, -0.2) is 29.7 Å². The maximum atomic E-state index is 12.2. The SMILES string of the molecule is CCC(CC)CC(SC(C)=O)c1ncn(C(c2ccccc2)(c2ccccc2)c2ccccc2)n1.O=[PH](O)O. The summed E-state index contributed by atoms with van der Waals surface area (Å²) in [5, 5.41) is 5.14. The minimum Gasteiger partial charge on any atom is -0.326 e. The van der Waals surface area contributed by atoms with Crippen LogP contribution in [0.3, 0.4) is 0 Å². The fraction of sp³-hybridized carbons (Fsp3) is 0.300. The third kappa shape index (κ3) is 7.76. The Morgan fingerprint density at radius 2 is 1.28 bits per heavy atom. The number of hydrogen-bond donors (Lipinski definition) is 2. The van der Waals surface area contributed by atoms with Gasteiger partial charge in [0.25, 0.3) is 0 Å². The van der Waals surface area contributed by atoms with Gasteiger partial charge >= 0.3 is 8.25 Å². The van der Waals surface area contributed by atoms with Crippen LogP contribution >= 0.6 is 20.0 Å². The van der Waals surface area contributed by atoms with Gasteiger partial charge in [-0.3, -0.25) is 9.36 Å². The minimum absolute atomic E-state index is 0.0707. The molecule has 4 rings (SSSR count). The van der Waals surface area contributed by atoms with Crippen LogP contribution in [0.1, 0.15) is 67.8 Å². The summed E-state index contributed by atoms with van der Waals surface area (Å²) in [7, 11) is -3.13. The highest BCUT2D eigenvalue weighted by Crippen LogP contribution is 2.41. The molecule has 2 N–H and O–H groups in total. The third-order valence-electron chi connectivity index (χ3n) is 6.73. The number of aromatic nitrogens is 3. The molecule has 0 saturated heterocycles. The lowest BCUT2D eigenvalue weighted by Crippen LogP contribution is -2.38. The summed E-state index contributed by atoms with van der Waals surface area (Å²) in [4.78, 5) is 31.3. The van der Waals surface area contributed by atoms with Crippen molar-refractivity contribution in [2.24, 2.45) is 5.92 Å². The molecule has 0 amide bonds. The lowest BCUT2D eigenvalue weighted by molar-refractivity contribution is -0.109. The summed E-state index contributed by atoms with van der Waals surface area (Å²) in [6.45, 7) is 6.05. The van der Waals surface area contributed by atoms with Crippen LogP contribution in [0.15, 0.2) is 97.3 Å². The first-order valence-electron chi connectivity index (χ1n) is 13.0. The molecule has 0 aliphatic rings. The molecule has 0 radical (unpaired) electrons. The predicted molar refractivity (Wildman–Crippen MR) is 158 cm³/mol. The second-order valence-electron chi connectivity index (χ2n) is 9.15. The zero-order valence-corrected chi connectivity index (χ0v) is 24.3. The van der Waals surface area contributed by atoms with Gasteiger partial charge in [0.1, 0.15) is 11.9 Å². The first-order valence-corrected chi connectivity index (χ1v) is 15.2. The molecule has 9 heteroatoms. The minimum atomic E-state index is -3.13. The Hall–Kier alpha value is -3.03. The molecule has 1 heterocycles. The van der Waals surface area contributed by atoms with E-state index in [0.717, 1.165) is 36.0 Å². The van der Waals surface area contributed by atoms with Gasteiger partial charge in [-0.1, -0.05) is 129 Å². The lowest BCUT2D eigenvalue weighted by atomic mass is 9.77. The van der Waals surface area contributed by atoms with Gasteiger partial charge in [0.2, 0.25) is 0 Å². The van der Waals surface area contributed by atoms with Crippen LogP contribution in [0.5, 0.6) is 0 Å². The Balaban J connectivity index is 0.000000983. The van der Waals surface area contributed by atoms with Crippen LogP contribution in [0.2, 0.25) is 0 Å². The molecule has 0 aliphatic heterocycles. The summed E-state index contributed by atoms with van der Waals surface area (Å²) in [6.07, 6.45) is 4.88. The van der Waals surface area contributed by atoms with Crippen LogP contribution in [0.25, 0.3) is 0 Å². The van der Waals surface area contributed by atoms with Gasteiger partial charge < -0.3 is 9.79 Å². The van der Waals surface area contributed by atoms with Crippen LogP contribution in [0, 0.1) is 5.92 Å². The largest absolute Gasteiger partial charge is 0.326 e. The first kappa shape index (κ1) is 30.5. The van der Waals surface area contributed by atoms with Crippen LogP contribution in [-0.2, 0) is 14.9 Å². The number of rotatable bonds is 10. The molecule has 7 nitrogen and oxygen atoms in total. The summed E-state index contributed by atoms with van der Waals surface area (Å²) in [6, 6.07) is 31.4. The zero-order valence-electron chi connectivity index (χ0n) is 22.5. The second kappa shape index (κ2) is 14.9. The number of thioether (sulfide) groups is 1. The first-order chi connectivity index (χ1) is 18.8. The summed E-state index contributed by atoms with van der Waals surface area (Å²) >= 11 is 1.35. The molecule has 1 unspecified atom stereocenters. The highest BCUT2D eigenvalue weighted by Gasteiger charge is 2.40. The van der Waals surface area contributed by atoms with Crippen molar-refractivity contribution in [3.63, 3.8) is 0 Å². The Morgan fingerprint density at radius 3 is 1.64 bits per heavy atom. The lowest BCUT2D eigenvalue weighted by Gasteiger charge is -2.36. The van der Waals surface area contributed by atoms with E-state index in [1.54, 1.807) is 6.92 Å². The quantitative estimate of drug-likeness (QED) is 0.164. The average molecular weight is 566 g/mol. The van der Waals surface area contributed by atoms with Crippen molar-refractivity contribution in [1.29, 1.82) is 0 Å². The molecule has 39 heavy (non-hydrogen) atoms. The van der Waals surface area contributed by atoms with Gasteiger partial charge in [0.05, 0.1) is 5.25 Å². The molecule has 3 aromatic carbocycles. The molecule has 4 aromatic rings. The normalized spacial score (nSPS) is 12.2. The van der Waals surface area contributed by atoms with Gasteiger partial charge in [-0.15, -0.1) is 0 Å². The topological polar surface area (TPSA) is 105 Å². The van der Waals surface area contributed by atoms with Gasteiger partial charge in [0, 0.05) is 6.92 Å². The molecule has 0 spiro atoms. The third-order valence-corrected chi connectivity index (χ3v) is 7.75. The Labute approximate surface area is 235 Å². The van der Waals surface area contributed by atoms with E-state index in [9.17, 15) is 4.79 Å². The maximum absolute atomic E-state index is 12.2. The monoisotopic (exact) mass is 565 g/mol. The Bertz CT molecular complexity index is 1220. The fourth-order valence-corrected chi connectivity index (χ4v) is 5.83. The fourth-order valence-electron chi connectivity index (χ4n) is 4.85. The number of benzene rings is 3. The van der Waals surface area contributed by atoms with E-state index in [2.05, 4.69) is 86.6 Å². The number of nitrogens with zero attached hydrogens (tertiary/aromatic N) is 3. The molecular weight excluding hydrogens is 529 g/mol. The predicted octanol–water partition coefficient (Wildman–Crippen LogP) is 6.63. The van der Waals surface area contributed by atoms with Crippen molar-refractivity contribution in [2.75, 3.05) is 0 Å². The van der Waals surface area contributed by atoms with Gasteiger partial charge in [0.15, 0.2) is 10.9 Å². The molecular formula is C30H36N3O4PS. The highest BCUT2D eigenvalue weighted by molar-refractivity contribution is 8.13. The van der Waals surface area contributed by atoms with Gasteiger partial charge in [-0.05, 0) is 29.0 Å². The molecule has 1 aromatic heterocycles. The van der Waals surface area contributed by atoms with Crippen LogP contribution in [0.4, 0.5) is 0 Å². The van der Waals surface area contributed by atoms with E-state index in [1.165, 1.54) is 11.8 Å². The van der Waals surface area contributed by atoms with E-state index in [4.69, 9.17) is 24.4 Å². The highest BCUT2D eigenvalue weighted by atomic mass is 32.2. The Kier molecular flexibility index (Phi) is 11.7. The number of hydrogen-bond acceptors (Lipinski definition) is 5. The zero-order chi connectivity index (χ0) is 28.3. The molecule has 206 valence electrons. The van der Waals surface area contributed by atoms with Crippen LogP contribution < -0.4 is 0 Å². The maximum Gasteiger partial charge on any atom is 0.314 e. The van der Waals surface area contributed by atoms with E-state index in [-0.39, 0.29) is 10.4 Å². The van der Waals surface area contributed by atoms with E-state index in [0.29, 0.717) is 11.7 Å². The van der Waals surface area contributed by atoms with Crippen molar-refractivity contribution < 1.29 is 19.1 Å².